The summed E-state index contributed by atoms with van der Waals surface area (Å²) in [5.41, 5.74) is 0.850. The van der Waals surface area contributed by atoms with Crippen molar-refractivity contribution >= 4 is 17.6 Å². The number of benzene rings is 1. The topological polar surface area (TPSA) is 115 Å². The molecule has 0 saturated carbocycles. The van der Waals surface area contributed by atoms with Crippen molar-refractivity contribution in [2.24, 2.45) is 7.05 Å². The minimum atomic E-state index is -0.278. The van der Waals surface area contributed by atoms with E-state index in [0.29, 0.717) is 16.0 Å². The van der Waals surface area contributed by atoms with E-state index in [4.69, 9.17) is 9.94 Å². The zero-order valence-electron chi connectivity index (χ0n) is 12.3. The number of hydrogen-bond donors (Lipinski definition) is 2. The lowest BCUT2D eigenvalue weighted by molar-refractivity contribution is 0.291. The highest BCUT2D eigenvalue weighted by molar-refractivity contribution is 7.99. The van der Waals surface area contributed by atoms with E-state index in [-0.39, 0.29) is 11.0 Å². The molecule has 2 aromatic heterocycles. The normalized spacial score (nSPS) is 10.8. The summed E-state index contributed by atoms with van der Waals surface area (Å²) >= 11 is 1.12. The first-order valence-electron chi connectivity index (χ1n) is 6.50. The van der Waals surface area contributed by atoms with Gasteiger partial charge < -0.3 is 19.7 Å². The summed E-state index contributed by atoms with van der Waals surface area (Å²) in [6.07, 6.45) is 1.43. The lowest BCUT2D eigenvalue weighted by Crippen LogP contribution is -2.09. The van der Waals surface area contributed by atoms with Gasteiger partial charge in [0.1, 0.15) is 10.8 Å². The molecule has 23 heavy (non-hydrogen) atoms. The quantitative estimate of drug-likeness (QED) is 0.682. The van der Waals surface area contributed by atoms with Crippen molar-refractivity contribution in [3.63, 3.8) is 0 Å². The lowest BCUT2D eigenvalue weighted by atomic mass is 10.2. The first-order chi connectivity index (χ1) is 11.1. The monoisotopic (exact) mass is 333 g/mol. The minimum absolute atomic E-state index is 0.103. The Bertz CT molecular complexity index is 798. The van der Waals surface area contributed by atoms with E-state index in [9.17, 15) is 5.21 Å². The summed E-state index contributed by atoms with van der Waals surface area (Å²) in [6, 6.07) is 7.36. The SMILES string of the molecule is COc1ccc(-c2nc(Sc3c(N([O-])O)ncn3C)n[nH]2)cc1. The second-order valence-corrected chi connectivity index (χ2v) is 5.51. The van der Waals surface area contributed by atoms with Crippen LogP contribution in [0, 0.1) is 5.21 Å². The second-order valence-electron chi connectivity index (χ2n) is 4.55. The molecule has 0 aliphatic heterocycles. The van der Waals surface area contributed by atoms with Gasteiger partial charge in [-0.3, -0.25) is 10.3 Å². The first-order valence-corrected chi connectivity index (χ1v) is 7.32. The molecule has 0 fully saturated rings. The van der Waals surface area contributed by atoms with Crippen LogP contribution in [0.15, 0.2) is 40.8 Å². The van der Waals surface area contributed by atoms with Gasteiger partial charge in [-0.05, 0) is 36.0 Å². The van der Waals surface area contributed by atoms with Crippen LogP contribution in [0.3, 0.4) is 0 Å². The van der Waals surface area contributed by atoms with E-state index in [1.165, 1.54) is 6.33 Å². The Kier molecular flexibility index (Phi) is 4.19. The van der Waals surface area contributed by atoms with E-state index in [1.807, 2.05) is 24.3 Å². The average molecular weight is 333 g/mol. The van der Waals surface area contributed by atoms with Gasteiger partial charge in [0.15, 0.2) is 11.6 Å². The van der Waals surface area contributed by atoms with E-state index >= 15 is 0 Å². The maximum atomic E-state index is 11.1. The number of imidazole rings is 1. The number of nitrogens with zero attached hydrogens (tertiary/aromatic N) is 5. The van der Waals surface area contributed by atoms with Crippen LogP contribution in [0.1, 0.15) is 0 Å². The van der Waals surface area contributed by atoms with Crippen molar-refractivity contribution in [3.8, 4) is 17.1 Å². The number of nitrogens with one attached hydrogen (secondary N) is 1. The fourth-order valence-electron chi connectivity index (χ4n) is 1.91. The number of aromatic amines is 1. The van der Waals surface area contributed by atoms with Crippen LogP contribution in [-0.2, 0) is 7.05 Å². The van der Waals surface area contributed by atoms with Crippen molar-refractivity contribution in [2.45, 2.75) is 10.2 Å². The van der Waals surface area contributed by atoms with Gasteiger partial charge in [-0.2, -0.15) is 0 Å². The van der Waals surface area contributed by atoms with Crippen LogP contribution in [0.5, 0.6) is 5.75 Å². The Morgan fingerprint density at radius 2 is 2.09 bits per heavy atom. The Hall–Kier alpha value is -2.56. The van der Waals surface area contributed by atoms with Crippen LogP contribution < -0.4 is 9.96 Å². The summed E-state index contributed by atoms with van der Waals surface area (Å²) in [5.74, 6) is 1.23. The first kappa shape index (κ1) is 15.3. The molecule has 2 heterocycles. The highest BCUT2D eigenvalue weighted by Crippen LogP contribution is 2.32. The molecule has 9 nitrogen and oxygen atoms in total. The molecule has 10 heteroatoms. The fourth-order valence-corrected chi connectivity index (χ4v) is 2.73. The summed E-state index contributed by atoms with van der Waals surface area (Å²) in [5, 5.41) is 27.6. The molecule has 3 aromatic rings. The van der Waals surface area contributed by atoms with Gasteiger partial charge in [-0.15, -0.1) is 5.10 Å². The van der Waals surface area contributed by atoms with Crippen LogP contribution in [0.25, 0.3) is 11.4 Å². The van der Waals surface area contributed by atoms with Crippen molar-refractivity contribution in [1.82, 2.24) is 24.7 Å². The third kappa shape index (κ3) is 3.13. The molecule has 0 aliphatic carbocycles. The predicted molar refractivity (Wildman–Crippen MR) is 83.3 cm³/mol. The Morgan fingerprint density at radius 3 is 2.74 bits per heavy atom. The zero-order valence-corrected chi connectivity index (χ0v) is 13.1. The zero-order chi connectivity index (χ0) is 16.4. The molecule has 1 aromatic carbocycles. The molecule has 0 aliphatic rings. The van der Waals surface area contributed by atoms with Crippen LogP contribution in [0.2, 0.25) is 0 Å². The van der Waals surface area contributed by atoms with Gasteiger partial charge >= 0.3 is 0 Å². The molecule has 3 rings (SSSR count). The largest absolute Gasteiger partial charge is 0.732 e. The smallest absolute Gasteiger partial charge is 0.215 e. The van der Waals surface area contributed by atoms with Crippen molar-refractivity contribution in [2.75, 3.05) is 12.3 Å². The molecule has 2 N–H and O–H groups in total. The fraction of sp³-hybridized carbons (Fsp3) is 0.154. The molecule has 0 bridgehead atoms. The number of aryl methyl sites for hydroxylation is 1. The third-order valence-corrected chi connectivity index (χ3v) is 4.09. The molecule has 120 valence electrons. The molecule has 0 atom stereocenters. The summed E-state index contributed by atoms with van der Waals surface area (Å²) < 4.78 is 6.71. The van der Waals surface area contributed by atoms with E-state index in [2.05, 4.69) is 20.2 Å². The van der Waals surface area contributed by atoms with Gasteiger partial charge in [-0.1, -0.05) is 0 Å². The maximum absolute atomic E-state index is 11.1. The molecule has 0 amide bonds. The van der Waals surface area contributed by atoms with Crippen molar-refractivity contribution in [3.05, 3.63) is 35.8 Å². The number of ether oxygens (including phenoxy) is 1. The standard InChI is InChI=1S/C13H13N6O3S/c1-18-7-14-11(19(20)21)12(18)23-13-15-10(16-17-13)8-3-5-9(22-2)6-4-8/h3-7,20H,1-2H3,(H,15,16,17)/q-1. The Morgan fingerprint density at radius 1 is 1.35 bits per heavy atom. The van der Waals surface area contributed by atoms with Gasteiger partial charge in [-0.25, -0.2) is 9.97 Å². The average Bonchev–Trinajstić information content (AvgIpc) is 3.16. The summed E-state index contributed by atoms with van der Waals surface area (Å²) in [7, 11) is 3.31. The predicted octanol–water partition coefficient (Wildman–Crippen LogP) is 2.06. The summed E-state index contributed by atoms with van der Waals surface area (Å²) in [6.45, 7) is 0. The number of H-pyrrole nitrogens is 1. The Labute approximate surface area is 135 Å². The molecule has 0 spiro atoms. The third-order valence-electron chi connectivity index (χ3n) is 3.06. The second kappa shape index (κ2) is 6.28. The van der Waals surface area contributed by atoms with Crippen LogP contribution >= 0.6 is 11.8 Å². The van der Waals surface area contributed by atoms with Crippen LogP contribution in [-0.4, -0.2) is 37.0 Å². The lowest BCUT2D eigenvalue weighted by Gasteiger charge is -2.19. The van der Waals surface area contributed by atoms with Gasteiger partial charge in [0.25, 0.3) is 0 Å². The Balaban J connectivity index is 1.83. The molecule has 0 radical (unpaired) electrons. The van der Waals surface area contributed by atoms with Gasteiger partial charge in [0.2, 0.25) is 5.16 Å². The van der Waals surface area contributed by atoms with Gasteiger partial charge in [0, 0.05) is 12.6 Å². The van der Waals surface area contributed by atoms with Gasteiger partial charge in [0.05, 0.1) is 13.4 Å². The van der Waals surface area contributed by atoms with Crippen LogP contribution in [0.4, 0.5) is 5.82 Å². The molecular weight excluding hydrogens is 320 g/mol. The maximum Gasteiger partial charge on any atom is 0.215 e. The number of hydrogen-bond acceptors (Lipinski definition) is 8. The highest BCUT2D eigenvalue weighted by atomic mass is 32.2. The molecule has 0 saturated heterocycles. The number of aromatic nitrogens is 5. The van der Waals surface area contributed by atoms with E-state index in [1.54, 1.807) is 18.7 Å². The molecule has 0 unspecified atom stereocenters. The van der Waals surface area contributed by atoms with Crippen molar-refractivity contribution < 1.29 is 9.94 Å². The van der Waals surface area contributed by atoms with Crippen molar-refractivity contribution in [1.29, 1.82) is 0 Å². The minimum Gasteiger partial charge on any atom is -0.732 e. The number of rotatable bonds is 5. The molecular formula is C13H13N6O3S-. The number of anilines is 1. The van der Waals surface area contributed by atoms with E-state index < -0.39 is 0 Å². The number of methoxy groups -OCH3 is 1. The summed E-state index contributed by atoms with van der Waals surface area (Å²) in [4.78, 5) is 8.19. The van der Waals surface area contributed by atoms with E-state index in [0.717, 1.165) is 23.1 Å². The highest BCUT2D eigenvalue weighted by Gasteiger charge is 2.15.